The van der Waals surface area contributed by atoms with E-state index in [0.717, 1.165) is 31.5 Å². The second kappa shape index (κ2) is 8.76. The van der Waals surface area contributed by atoms with Gasteiger partial charge in [-0.15, -0.1) is 0 Å². The zero-order valence-corrected chi connectivity index (χ0v) is 14.4. The first-order valence-electron chi connectivity index (χ1n) is 8.76. The Hall–Kier alpha value is -2.47. The van der Waals surface area contributed by atoms with Gasteiger partial charge in [-0.25, -0.2) is 0 Å². The van der Waals surface area contributed by atoms with Crippen molar-refractivity contribution in [1.29, 1.82) is 0 Å². The van der Waals surface area contributed by atoms with Crippen molar-refractivity contribution in [2.24, 2.45) is 0 Å². The Bertz CT molecular complexity index is 719. The maximum Gasteiger partial charge on any atom is 0.387 e. The summed E-state index contributed by atoms with van der Waals surface area (Å²) in [5, 5.41) is 2.88. The van der Waals surface area contributed by atoms with Crippen molar-refractivity contribution in [3.8, 4) is 5.75 Å². The van der Waals surface area contributed by atoms with Crippen molar-refractivity contribution in [3.05, 3.63) is 65.7 Å². The molecular weight excluding hydrogens is 338 g/mol. The molecule has 4 nitrogen and oxygen atoms in total. The fourth-order valence-corrected chi connectivity index (χ4v) is 3.32. The molecule has 26 heavy (non-hydrogen) atoms. The van der Waals surface area contributed by atoms with Gasteiger partial charge in [-0.1, -0.05) is 42.5 Å². The first kappa shape index (κ1) is 18.3. The first-order chi connectivity index (χ1) is 12.6. The van der Waals surface area contributed by atoms with Crippen LogP contribution in [-0.2, 0) is 0 Å². The third-order valence-electron chi connectivity index (χ3n) is 4.57. The molecule has 0 spiro atoms. The zero-order valence-electron chi connectivity index (χ0n) is 14.4. The predicted molar refractivity (Wildman–Crippen MR) is 95.4 cm³/mol. The number of ether oxygens (including phenoxy) is 1. The van der Waals surface area contributed by atoms with Gasteiger partial charge >= 0.3 is 6.61 Å². The molecule has 3 rings (SSSR count). The number of halogens is 2. The van der Waals surface area contributed by atoms with Crippen LogP contribution in [0.1, 0.15) is 34.8 Å². The molecule has 0 radical (unpaired) electrons. The summed E-state index contributed by atoms with van der Waals surface area (Å²) in [5.74, 6) is -0.529. The van der Waals surface area contributed by atoms with Crippen LogP contribution in [0.2, 0.25) is 0 Å². The lowest BCUT2D eigenvalue weighted by molar-refractivity contribution is -0.0501. The lowest BCUT2D eigenvalue weighted by Gasteiger charge is -2.28. The minimum Gasteiger partial charge on any atom is -0.434 e. The molecule has 1 atom stereocenters. The van der Waals surface area contributed by atoms with Crippen molar-refractivity contribution in [1.82, 2.24) is 10.2 Å². The summed E-state index contributed by atoms with van der Waals surface area (Å²) in [5.41, 5.74) is 1.24. The van der Waals surface area contributed by atoms with Crippen LogP contribution in [0.4, 0.5) is 8.78 Å². The summed E-state index contributed by atoms with van der Waals surface area (Å²) >= 11 is 0. The van der Waals surface area contributed by atoms with Crippen LogP contribution in [0.5, 0.6) is 5.75 Å². The van der Waals surface area contributed by atoms with Crippen molar-refractivity contribution in [3.63, 3.8) is 0 Å². The third kappa shape index (κ3) is 4.58. The molecular formula is C20H22F2N2O2. The number of nitrogens with zero attached hydrogens (tertiary/aromatic N) is 1. The van der Waals surface area contributed by atoms with Gasteiger partial charge in [0, 0.05) is 6.54 Å². The highest BCUT2D eigenvalue weighted by Crippen LogP contribution is 2.25. The topological polar surface area (TPSA) is 41.6 Å². The van der Waals surface area contributed by atoms with Crippen LogP contribution < -0.4 is 10.1 Å². The Balaban J connectivity index is 1.72. The lowest BCUT2D eigenvalue weighted by atomic mass is 10.1. The molecule has 0 saturated carbocycles. The number of rotatable bonds is 7. The van der Waals surface area contributed by atoms with Gasteiger partial charge in [0.25, 0.3) is 5.91 Å². The zero-order chi connectivity index (χ0) is 18.4. The fraction of sp³-hybridized carbons (Fsp3) is 0.350. The molecule has 1 heterocycles. The second-order valence-corrected chi connectivity index (χ2v) is 6.25. The van der Waals surface area contributed by atoms with Crippen molar-refractivity contribution in [2.45, 2.75) is 25.5 Å². The minimum atomic E-state index is -2.97. The molecule has 138 valence electrons. The Labute approximate surface area is 151 Å². The van der Waals surface area contributed by atoms with Crippen LogP contribution in [0.15, 0.2) is 54.6 Å². The first-order valence-corrected chi connectivity index (χ1v) is 8.76. The van der Waals surface area contributed by atoms with E-state index in [9.17, 15) is 13.6 Å². The number of carbonyl (C=O) groups excluding carboxylic acids is 1. The quantitative estimate of drug-likeness (QED) is 0.815. The maximum absolute atomic E-state index is 12.5. The number of carbonyl (C=O) groups is 1. The summed E-state index contributed by atoms with van der Waals surface area (Å²) in [7, 11) is 0. The van der Waals surface area contributed by atoms with Crippen LogP contribution >= 0.6 is 0 Å². The number of nitrogens with one attached hydrogen (secondary N) is 1. The Morgan fingerprint density at radius 3 is 2.38 bits per heavy atom. The molecule has 1 aliphatic rings. The number of amides is 1. The molecule has 1 unspecified atom stereocenters. The monoisotopic (exact) mass is 360 g/mol. The van der Waals surface area contributed by atoms with E-state index in [1.165, 1.54) is 12.1 Å². The highest BCUT2D eigenvalue weighted by Gasteiger charge is 2.24. The minimum absolute atomic E-state index is 0.0610. The third-order valence-corrected chi connectivity index (χ3v) is 4.57. The predicted octanol–water partition coefficient (Wildman–Crippen LogP) is 3.85. The maximum atomic E-state index is 12.5. The molecule has 6 heteroatoms. The van der Waals surface area contributed by atoms with Crippen LogP contribution in [0.3, 0.4) is 0 Å². The summed E-state index contributed by atoms with van der Waals surface area (Å²) in [4.78, 5) is 14.9. The largest absolute Gasteiger partial charge is 0.434 e. The number of hydrogen-bond donors (Lipinski definition) is 1. The Morgan fingerprint density at radius 1 is 1.04 bits per heavy atom. The molecule has 2 aromatic carbocycles. The van der Waals surface area contributed by atoms with Gasteiger partial charge < -0.3 is 10.1 Å². The van der Waals surface area contributed by atoms with E-state index in [2.05, 4.69) is 15.0 Å². The number of likely N-dealkylation sites (tertiary alicyclic amines) is 1. The normalized spacial score (nSPS) is 15.8. The molecule has 2 aromatic rings. The molecule has 0 aromatic heterocycles. The van der Waals surface area contributed by atoms with E-state index in [1.54, 1.807) is 12.1 Å². The van der Waals surface area contributed by atoms with Crippen molar-refractivity contribution in [2.75, 3.05) is 19.6 Å². The van der Waals surface area contributed by atoms with Crippen molar-refractivity contribution >= 4 is 5.91 Å². The molecule has 1 N–H and O–H groups in total. The Kier molecular flexibility index (Phi) is 6.17. The Morgan fingerprint density at radius 2 is 1.69 bits per heavy atom. The van der Waals surface area contributed by atoms with E-state index >= 15 is 0 Å². The number of hydrogen-bond acceptors (Lipinski definition) is 3. The second-order valence-electron chi connectivity index (χ2n) is 6.25. The smallest absolute Gasteiger partial charge is 0.387 e. The summed E-state index contributed by atoms with van der Waals surface area (Å²) in [6.45, 7) is -0.585. The number of para-hydroxylation sites is 1. The molecule has 1 amide bonds. The molecule has 0 aliphatic carbocycles. The van der Waals surface area contributed by atoms with E-state index < -0.39 is 12.5 Å². The van der Waals surface area contributed by atoms with Gasteiger partial charge in [-0.2, -0.15) is 8.78 Å². The van der Waals surface area contributed by atoms with Crippen LogP contribution in [0.25, 0.3) is 0 Å². The van der Waals surface area contributed by atoms with Gasteiger partial charge in [0.1, 0.15) is 5.75 Å². The number of benzene rings is 2. The van der Waals surface area contributed by atoms with Gasteiger partial charge in [0.05, 0.1) is 11.6 Å². The van der Waals surface area contributed by atoms with E-state index in [1.807, 2.05) is 30.3 Å². The highest BCUT2D eigenvalue weighted by atomic mass is 19.3. The van der Waals surface area contributed by atoms with E-state index in [0.29, 0.717) is 6.54 Å². The number of alkyl halides is 2. The average Bonchev–Trinajstić information content (AvgIpc) is 3.17. The van der Waals surface area contributed by atoms with E-state index in [-0.39, 0.29) is 17.4 Å². The molecule has 1 saturated heterocycles. The average molecular weight is 360 g/mol. The SMILES string of the molecule is O=C(NCC(c1ccccc1)N1CCCC1)c1ccccc1OC(F)F. The van der Waals surface area contributed by atoms with Gasteiger partial charge in [-0.3, -0.25) is 9.69 Å². The van der Waals surface area contributed by atoms with Crippen LogP contribution in [-0.4, -0.2) is 37.1 Å². The molecule has 1 aliphatic heterocycles. The van der Waals surface area contributed by atoms with Gasteiger partial charge in [0.2, 0.25) is 0 Å². The van der Waals surface area contributed by atoms with Gasteiger partial charge in [0.15, 0.2) is 0 Å². The standard InChI is InChI=1S/C20H22F2N2O2/c21-20(22)26-18-11-5-4-10-16(18)19(25)23-14-17(24-12-6-7-13-24)15-8-2-1-3-9-15/h1-5,8-11,17,20H,6-7,12-14H2,(H,23,25). The summed E-state index contributed by atoms with van der Waals surface area (Å²) < 4.78 is 29.5. The fourth-order valence-electron chi connectivity index (χ4n) is 3.32. The highest BCUT2D eigenvalue weighted by molar-refractivity contribution is 5.96. The van der Waals surface area contributed by atoms with Crippen LogP contribution in [0, 0.1) is 0 Å². The lowest BCUT2D eigenvalue weighted by Crippen LogP contribution is -2.37. The van der Waals surface area contributed by atoms with Crippen molar-refractivity contribution < 1.29 is 18.3 Å². The molecule has 0 bridgehead atoms. The summed E-state index contributed by atoms with van der Waals surface area (Å²) in [6, 6.07) is 16.1. The van der Waals surface area contributed by atoms with Gasteiger partial charge in [-0.05, 0) is 43.6 Å². The molecule has 1 fully saturated rings. The van der Waals surface area contributed by atoms with E-state index in [4.69, 9.17) is 0 Å². The summed E-state index contributed by atoms with van der Waals surface area (Å²) in [6.07, 6.45) is 2.28.